The van der Waals surface area contributed by atoms with Crippen molar-refractivity contribution < 1.29 is 24.3 Å². The fraction of sp³-hybridized carbons (Fsp3) is 0.636. The fourth-order valence-electron chi connectivity index (χ4n) is 2.00. The van der Waals surface area contributed by atoms with Crippen LogP contribution in [0, 0.1) is 0 Å². The second-order valence-corrected chi connectivity index (χ2v) is 5.61. The molecular weight excluding hydrogens is 258 g/mol. The van der Waals surface area contributed by atoms with E-state index in [1.807, 2.05) is 0 Å². The van der Waals surface area contributed by atoms with E-state index in [9.17, 15) is 24.3 Å². The molecule has 1 heterocycles. The number of rotatable bonds is 3. The van der Waals surface area contributed by atoms with Gasteiger partial charge in [-0.05, 0) is 6.92 Å². The van der Waals surface area contributed by atoms with Crippen molar-refractivity contribution in [3.63, 3.8) is 0 Å². The lowest BCUT2D eigenvalue weighted by Gasteiger charge is -2.32. The first-order chi connectivity index (χ1) is 8.25. The molecule has 1 saturated heterocycles. The molecule has 100 valence electrons. The van der Waals surface area contributed by atoms with Gasteiger partial charge in [-0.2, -0.15) is 0 Å². The number of hydrogen-bond acceptors (Lipinski definition) is 5. The molecule has 1 aliphatic rings. The molecule has 1 rings (SSSR count). The van der Waals surface area contributed by atoms with Gasteiger partial charge in [0.2, 0.25) is 11.8 Å². The molecule has 7 heteroatoms. The summed E-state index contributed by atoms with van der Waals surface area (Å²) in [5.74, 6) is -2.34. The van der Waals surface area contributed by atoms with E-state index in [4.69, 9.17) is 0 Å². The van der Waals surface area contributed by atoms with Crippen LogP contribution in [0.2, 0.25) is 0 Å². The minimum atomic E-state index is -1.65. The van der Waals surface area contributed by atoms with Gasteiger partial charge < -0.3 is 5.11 Å². The van der Waals surface area contributed by atoms with Crippen molar-refractivity contribution in [2.45, 2.75) is 44.4 Å². The zero-order valence-electron chi connectivity index (χ0n) is 10.4. The average Bonchev–Trinajstić information content (AvgIpc) is 2.50. The van der Waals surface area contributed by atoms with Gasteiger partial charge in [0.05, 0.1) is 5.25 Å². The number of thioether (sulfide) groups is 1. The molecule has 18 heavy (non-hydrogen) atoms. The number of nitrogens with zero attached hydrogens (tertiary/aromatic N) is 1. The molecule has 0 bridgehead atoms. The Morgan fingerprint density at radius 3 is 2.44 bits per heavy atom. The third-order valence-electron chi connectivity index (χ3n) is 2.99. The monoisotopic (exact) mass is 273 g/mol. The molecule has 1 aliphatic heterocycles. The number of carbonyl (C=O) groups is 4. The maximum absolute atomic E-state index is 11.8. The van der Waals surface area contributed by atoms with Crippen LogP contribution in [-0.2, 0) is 19.2 Å². The number of amides is 2. The SMILES string of the molecule is CCC(=O)N1C(=O)CC(SC(C)=O)[C@@]1(C)C(=O)O. The lowest BCUT2D eigenvalue weighted by atomic mass is 9.98. The van der Waals surface area contributed by atoms with Crippen molar-refractivity contribution in [2.24, 2.45) is 0 Å². The maximum Gasteiger partial charge on any atom is 0.331 e. The van der Waals surface area contributed by atoms with Crippen LogP contribution in [0.3, 0.4) is 0 Å². The molecular formula is C11H15NO5S. The van der Waals surface area contributed by atoms with Crippen LogP contribution in [0.25, 0.3) is 0 Å². The van der Waals surface area contributed by atoms with Gasteiger partial charge in [-0.15, -0.1) is 0 Å². The summed E-state index contributed by atoms with van der Waals surface area (Å²) in [6.07, 6.45) is -0.0646. The first-order valence-corrected chi connectivity index (χ1v) is 6.39. The van der Waals surface area contributed by atoms with Crippen molar-refractivity contribution in [3.8, 4) is 0 Å². The van der Waals surface area contributed by atoms with E-state index in [-0.39, 0.29) is 18.0 Å². The zero-order chi connectivity index (χ0) is 14.1. The van der Waals surface area contributed by atoms with E-state index in [1.165, 1.54) is 13.8 Å². The minimum Gasteiger partial charge on any atom is -0.479 e. The minimum absolute atomic E-state index is 0.0477. The Labute approximate surface area is 109 Å². The Bertz CT molecular complexity index is 422. The standard InChI is InChI=1S/C11H15NO5S/c1-4-8(14)12-9(15)5-7(18-6(2)13)11(12,3)10(16)17/h7H,4-5H2,1-3H3,(H,16,17)/t7?,11-/m0/s1. The van der Waals surface area contributed by atoms with Crippen LogP contribution in [0.4, 0.5) is 0 Å². The highest BCUT2D eigenvalue weighted by atomic mass is 32.2. The Balaban J connectivity index is 3.19. The predicted octanol–water partition coefficient (Wildman–Crippen LogP) is 0.647. The number of likely N-dealkylation sites (tertiary alicyclic amines) is 1. The molecule has 2 amide bonds. The second kappa shape index (κ2) is 5.09. The van der Waals surface area contributed by atoms with Crippen molar-refractivity contribution >= 4 is 34.7 Å². The van der Waals surface area contributed by atoms with Crippen LogP contribution < -0.4 is 0 Å². The summed E-state index contributed by atoms with van der Waals surface area (Å²) < 4.78 is 0. The average molecular weight is 273 g/mol. The number of hydrogen-bond donors (Lipinski definition) is 1. The van der Waals surface area contributed by atoms with E-state index >= 15 is 0 Å². The first kappa shape index (κ1) is 14.7. The lowest BCUT2D eigenvalue weighted by molar-refractivity contribution is -0.160. The zero-order valence-corrected chi connectivity index (χ0v) is 11.2. The molecule has 0 aromatic heterocycles. The Kier molecular flexibility index (Phi) is 4.16. The third-order valence-corrected chi connectivity index (χ3v) is 4.24. The Morgan fingerprint density at radius 2 is 2.06 bits per heavy atom. The molecule has 0 aliphatic carbocycles. The van der Waals surface area contributed by atoms with Crippen LogP contribution in [0.1, 0.15) is 33.6 Å². The number of imide groups is 1. The van der Waals surface area contributed by atoms with Crippen molar-refractivity contribution in [2.75, 3.05) is 0 Å². The molecule has 0 spiro atoms. The number of carboxylic acids is 1. The smallest absolute Gasteiger partial charge is 0.331 e. The Morgan fingerprint density at radius 1 is 1.50 bits per heavy atom. The summed E-state index contributed by atoms with van der Waals surface area (Å²) in [4.78, 5) is 46.9. The third kappa shape index (κ3) is 2.27. The van der Waals surface area contributed by atoms with Crippen molar-refractivity contribution in [3.05, 3.63) is 0 Å². The summed E-state index contributed by atoms with van der Waals surface area (Å²) in [5.41, 5.74) is -1.65. The summed E-state index contributed by atoms with van der Waals surface area (Å²) in [5, 5.41) is 8.31. The summed E-state index contributed by atoms with van der Waals surface area (Å²) >= 11 is 0.798. The maximum atomic E-state index is 11.8. The van der Waals surface area contributed by atoms with E-state index in [0.29, 0.717) is 0 Å². The van der Waals surface area contributed by atoms with E-state index < -0.39 is 28.6 Å². The highest BCUT2D eigenvalue weighted by Crippen LogP contribution is 2.39. The molecule has 0 radical (unpaired) electrons. The van der Waals surface area contributed by atoms with Gasteiger partial charge in [-0.3, -0.25) is 19.3 Å². The fourth-order valence-corrected chi connectivity index (χ4v) is 3.06. The molecule has 1 unspecified atom stereocenters. The number of aliphatic carboxylic acids is 1. The Hall–Kier alpha value is -1.37. The molecule has 2 atom stereocenters. The van der Waals surface area contributed by atoms with Crippen molar-refractivity contribution in [1.29, 1.82) is 0 Å². The van der Waals surface area contributed by atoms with E-state index in [1.54, 1.807) is 6.92 Å². The number of carbonyl (C=O) groups excluding carboxylic acids is 3. The second-order valence-electron chi connectivity index (χ2n) is 4.23. The summed E-state index contributed by atoms with van der Waals surface area (Å²) in [7, 11) is 0. The molecule has 0 saturated carbocycles. The largest absolute Gasteiger partial charge is 0.479 e. The normalized spacial score (nSPS) is 27.4. The van der Waals surface area contributed by atoms with Gasteiger partial charge in [0.1, 0.15) is 0 Å². The molecule has 1 N–H and O–H groups in total. The van der Waals surface area contributed by atoms with Crippen LogP contribution in [0.15, 0.2) is 0 Å². The molecule has 0 aromatic carbocycles. The highest BCUT2D eigenvalue weighted by molar-refractivity contribution is 8.14. The molecule has 1 fully saturated rings. The molecule has 6 nitrogen and oxygen atoms in total. The molecule has 0 aromatic rings. The van der Waals surface area contributed by atoms with Gasteiger partial charge in [0, 0.05) is 19.8 Å². The van der Waals surface area contributed by atoms with E-state index in [0.717, 1.165) is 16.7 Å². The van der Waals surface area contributed by atoms with Gasteiger partial charge in [0.15, 0.2) is 10.7 Å². The highest BCUT2D eigenvalue weighted by Gasteiger charge is 2.57. The first-order valence-electron chi connectivity index (χ1n) is 5.51. The van der Waals surface area contributed by atoms with Gasteiger partial charge in [0.25, 0.3) is 0 Å². The quantitative estimate of drug-likeness (QED) is 0.811. The predicted molar refractivity (Wildman–Crippen MR) is 64.9 cm³/mol. The van der Waals surface area contributed by atoms with Gasteiger partial charge in [-0.25, -0.2) is 4.79 Å². The van der Waals surface area contributed by atoms with Crippen LogP contribution >= 0.6 is 11.8 Å². The van der Waals surface area contributed by atoms with E-state index in [2.05, 4.69) is 0 Å². The van der Waals surface area contributed by atoms with Crippen LogP contribution in [-0.4, -0.2) is 43.7 Å². The summed E-state index contributed by atoms with van der Waals surface area (Å²) in [6, 6.07) is 0. The van der Waals surface area contributed by atoms with Crippen molar-refractivity contribution in [1.82, 2.24) is 4.90 Å². The lowest BCUT2D eigenvalue weighted by Crippen LogP contribution is -2.56. The number of carboxylic acid groups (broad SMARTS) is 1. The van der Waals surface area contributed by atoms with Gasteiger partial charge >= 0.3 is 5.97 Å². The topological polar surface area (TPSA) is 91.8 Å². The van der Waals surface area contributed by atoms with Gasteiger partial charge in [-0.1, -0.05) is 18.7 Å². The summed E-state index contributed by atoms with van der Waals surface area (Å²) in [6.45, 7) is 4.18. The van der Waals surface area contributed by atoms with Crippen LogP contribution in [0.5, 0.6) is 0 Å².